The van der Waals surface area contributed by atoms with Crippen molar-refractivity contribution in [1.29, 1.82) is 0 Å². The van der Waals surface area contributed by atoms with Crippen molar-refractivity contribution in [3.05, 3.63) is 60.7 Å². The average Bonchev–Trinajstić information content (AvgIpc) is 2.49. The standard InChI is InChI=1S/C19H22O2Si/c1-3-7-17(8-4-1)22(18-9-5-2-6-10-18)21-16-13-15(14-16)19-11-12-20-19/h1-10,15-16,19,22H,11-14H2/t15-,16+,19?. The third-order valence-electron chi connectivity index (χ3n) is 4.92. The number of benzene rings is 2. The average molecular weight is 310 g/mol. The lowest BCUT2D eigenvalue weighted by Crippen LogP contribution is -2.52. The van der Waals surface area contributed by atoms with Gasteiger partial charge in [0.1, 0.15) is 0 Å². The largest absolute Gasteiger partial charge is 0.408 e. The van der Waals surface area contributed by atoms with Crippen LogP contribution in [0.1, 0.15) is 19.3 Å². The Hall–Kier alpha value is -1.42. The molecule has 2 aromatic rings. The quantitative estimate of drug-likeness (QED) is 0.788. The van der Waals surface area contributed by atoms with Crippen LogP contribution in [0.3, 0.4) is 0 Å². The Morgan fingerprint density at radius 1 is 0.864 bits per heavy atom. The Labute approximate surface area is 133 Å². The van der Waals surface area contributed by atoms with E-state index in [1.165, 1.54) is 29.6 Å². The van der Waals surface area contributed by atoms with E-state index in [9.17, 15) is 0 Å². The van der Waals surface area contributed by atoms with Gasteiger partial charge >= 0.3 is 0 Å². The molecule has 1 atom stereocenters. The summed E-state index contributed by atoms with van der Waals surface area (Å²) < 4.78 is 12.2. The molecule has 1 saturated carbocycles. The first-order valence-electron chi connectivity index (χ1n) is 8.27. The molecule has 4 rings (SSSR count). The lowest BCUT2D eigenvalue weighted by Gasteiger charge is -2.44. The lowest BCUT2D eigenvalue weighted by atomic mass is 9.76. The zero-order valence-electron chi connectivity index (χ0n) is 12.7. The highest BCUT2D eigenvalue weighted by Gasteiger charge is 2.40. The van der Waals surface area contributed by atoms with Crippen molar-refractivity contribution in [2.45, 2.75) is 31.5 Å². The Morgan fingerprint density at radius 2 is 1.41 bits per heavy atom. The van der Waals surface area contributed by atoms with E-state index in [1.54, 1.807) is 0 Å². The molecule has 0 radical (unpaired) electrons. The van der Waals surface area contributed by atoms with Gasteiger partial charge in [-0.25, -0.2) is 0 Å². The van der Waals surface area contributed by atoms with Crippen molar-refractivity contribution in [2.75, 3.05) is 6.61 Å². The van der Waals surface area contributed by atoms with E-state index in [0.717, 1.165) is 12.5 Å². The summed E-state index contributed by atoms with van der Waals surface area (Å²) in [6.07, 6.45) is 4.54. The van der Waals surface area contributed by atoms with Gasteiger partial charge < -0.3 is 9.16 Å². The lowest BCUT2D eigenvalue weighted by molar-refractivity contribution is -0.125. The zero-order valence-corrected chi connectivity index (χ0v) is 13.9. The van der Waals surface area contributed by atoms with Crippen LogP contribution in [0, 0.1) is 5.92 Å². The molecule has 0 N–H and O–H groups in total. The maximum absolute atomic E-state index is 6.59. The van der Waals surface area contributed by atoms with Crippen LogP contribution in [0.25, 0.3) is 0 Å². The van der Waals surface area contributed by atoms with Gasteiger partial charge in [0.25, 0.3) is 0 Å². The molecule has 1 unspecified atom stereocenters. The minimum atomic E-state index is -1.57. The Bertz CT molecular complexity index is 552. The predicted octanol–water partition coefficient (Wildman–Crippen LogP) is 2.11. The molecule has 0 aromatic heterocycles. The van der Waals surface area contributed by atoms with Crippen LogP contribution >= 0.6 is 0 Å². The second-order valence-corrected chi connectivity index (χ2v) is 8.75. The van der Waals surface area contributed by atoms with E-state index in [-0.39, 0.29) is 0 Å². The van der Waals surface area contributed by atoms with Crippen molar-refractivity contribution >= 4 is 19.4 Å². The van der Waals surface area contributed by atoms with Crippen molar-refractivity contribution in [3.63, 3.8) is 0 Å². The fourth-order valence-corrected chi connectivity index (χ4v) is 5.89. The number of ether oxygens (including phenoxy) is 1. The van der Waals surface area contributed by atoms with Crippen molar-refractivity contribution in [1.82, 2.24) is 0 Å². The summed E-state index contributed by atoms with van der Waals surface area (Å²) in [4.78, 5) is 0. The molecular formula is C19H22O2Si. The summed E-state index contributed by atoms with van der Waals surface area (Å²) in [6, 6.07) is 21.5. The highest BCUT2D eigenvalue weighted by molar-refractivity contribution is 6.80. The normalized spacial score (nSPS) is 27.2. The summed E-state index contributed by atoms with van der Waals surface area (Å²) in [7, 11) is -1.57. The van der Waals surface area contributed by atoms with Gasteiger partial charge in [-0.1, -0.05) is 60.7 Å². The summed E-state index contributed by atoms with van der Waals surface area (Å²) >= 11 is 0. The number of hydrogen-bond donors (Lipinski definition) is 0. The van der Waals surface area contributed by atoms with Crippen molar-refractivity contribution in [3.8, 4) is 0 Å². The molecule has 0 spiro atoms. The molecule has 1 saturated heterocycles. The van der Waals surface area contributed by atoms with Gasteiger partial charge in [-0.15, -0.1) is 0 Å². The third-order valence-corrected chi connectivity index (χ3v) is 7.56. The SMILES string of the molecule is c1ccc([SiH](O[C@H]2C[C@@H](C3CCO3)C2)c2ccccc2)cc1. The van der Waals surface area contributed by atoms with E-state index < -0.39 is 9.04 Å². The molecule has 1 aliphatic carbocycles. The van der Waals surface area contributed by atoms with Gasteiger partial charge in [-0.3, -0.25) is 0 Å². The van der Waals surface area contributed by atoms with Gasteiger partial charge in [0.15, 0.2) is 0 Å². The van der Waals surface area contributed by atoms with Crippen molar-refractivity contribution in [2.24, 2.45) is 5.92 Å². The molecule has 2 aliphatic rings. The summed E-state index contributed by atoms with van der Waals surface area (Å²) in [5.41, 5.74) is 0. The number of hydrogen-bond acceptors (Lipinski definition) is 2. The first-order chi connectivity index (χ1) is 10.9. The Balaban J connectivity index is 1.47. The molecule has 2 nitrogen and oxygen atoms in total. The van der Waals surface area contributed by atoms with Gasteiger partial charge in [0, 0.05) is 12.7 Å². The van der Waals surface area contributed by atoms with Crippen LogP contribution in [0.5, 0.6) is 0 Å². The highest BCUT2D eigenvalue weighted by Crippen LogP contribution is 2.38. The molecule has 1 aliphatic heterocycles. The van der Waals surface area contributed by atoms with Crippen LogP contribution in [0.4, 0.5) is 0 Å². The second kappa shape index (κ2) is 6.37. The van der Waals surface area contributed by atoms with E-state index in [4.69, 9.17) is 9.16 Å². The van der Waals surface area contributed by atoms with Gasteiger partial charge in [0.2, 0.25) is 9.04 Å². The van der Waals surface area contributed by atoms with E-state index in [1.807, 2.05) is 0 Å². The fraction of sp³-hybridized carbons (Fsp3) is 0.368. The van der Waals surface area contributed by atoms with Gasteiger partial charge in [0.05, 0.1) is 6.10 Å². The molecule has 0 amide bonds. The molecule has 1 heterocycles. The smallest absolute Gasteiger partial charge is 0.240 e. The van der Waals surface area contributed by atoms with E-state index >= 15 is 0 Å². The number of rotatable bonds is 5. The van der Waals surface area contributed by atoms with Crippen LogP contribution in [-0.2, 0) is 9.16 Å². The molecule has 114 valence electrons. The molecular weight excluding hydrogens is 288 g/mol. The van der Waals surface area contributed by atoms with Gasteiger partial charge in [-0.2, -0.15) is 0 Å². The topological polar surface area (TPSA) is 18.5 Å². The first kappa shape index (κ1) is 14.2. The van der Waals surface area contributed by atoms with Crippen LogP contribution in [-0.4, -0.2) is 27.9 Å². The molecule has 22 heavy (non-hydrogen) atoms. The van der Waals surface area contributed by atoms with Crippen LogP contribution < -0.4 is 10.4 Å². The van der Waals surface area contributed by atoms with E-state index in [2.05, 4.69) is 60.7 Å². The molecule has 3 heteroatoms. The summed E-state index contributed by atoms with van der Waals surface area (Å²) in [6.45, 7) is 0.956. The first-order valence-corrected chi connectivity index (χ1v) is 9.90. The minimum Gasteiger partial charge on any atom is -0.408 e. The maximum atomic E-state index is 6.59. The summed E-state index contributed by atoms with van der Waals surface area (Å²) in [5.74, 6) is 0.736. The Kier molecular flexibility index (Phi) is 4.11. The fourth-order valence-electron chi connectivity index (χ4n) is 3.44. The zero-order chi connectivity index (χ0) is 14.8. The van der Waals surface area contributed by atoms with Crippen LogP contribution in [0.2, 0.25) is 0 Å². The summed E-state index contributed by atoms with van der Waals surface area (Å²) in [5, 5.41) is 2.74. The van der Waals surface area contributed by atoms with Crippen molar-refractivity contribution < 1.29 is 9.16 Å². The Morgan fingerprint density at radius 3 is 1.86 bits per heavy atom. The molecule has 2 aromatic carbocycles. The van der Waals surface area contributed by atoms with Gasteiger partial charge in [-0.05, 0) is 35.6 Å². The third kappa shape index (κ3) is 2.89. The monoisotopic (exact) mass is 310 g/mol. The highest BCUT2D eigenvalue weighted by atomic mass is 28.3. The maximum Gasteiger partial charge on any atom is 0.240 e. The van der Waals surface area contributed by atoms with E-state index in [0.29, 0.717) is 12.2 Å². The molecule has 2 fully saturated rings. The van der Waals surface area contributed by atoms with Crippen LogP contribution in [0.15, 0.2) is 60.7 Å². The minimum absolute atomic E-state index is 0.422. The second-order valence-electron chi connectivity index (χ2n) is 6.39. The predicted molar refractivity (Wildman–Crippen MR) is 91.3 cm³/mol. The molecule has 0 bridgehead atoms.